The lowest BCUT2D eigenvalue weighted by Crippen LogP contribution is -2.17. The maximum absolute atomic E-state index is 5.85. The molecule has 1 N–H and O–H groups in total. The smallest absolute Gasteiger partial charge is 0.153 e. The monoisotopic (exact) mass is 273 g/mol. The van der Waals surface area contributed by atoms with E-state index in [9.17, 15) is 0 Å². The molecule has 0 aromatic carbocycles. The van der Waals surface area contributed by atoms with Gasteiger partial charge in [-0.1, -0.05) is 29.9 Å². The van der Waals surface area contributed by atoms with Gasteiger partial charge in [0.05, 0.1) is 11.9 Å². The van der Waals surface area contributed by atoms with Gasteiger partial charge in [0.2, 0.25) is 0 Å². The van der Waals surface area contributed by atoms with Crippen molar-refractivity contribution in [3.63, 3.8) is 0 Å². The van der Waals surface area contributed by atoms with Gasteiger partial charge in [0, 0.05) is 11.4 Å². The molecular formula is C10H12ClN3S2. The molecule has 0 aliphatic heterocycles. The topological polar surface area (TPSA) is 37.8 Å². The fraction of sp³-hybridized carbons (Fsp3) is 0.400. The summed E-state index contributed by atoms with van der Waals surface area (Å²) in [5.41, 5.74) is 1.06. The summed E-state index contributed by atoms with van der Waals surface area (Å²) in [7, 11) is 0. The molecule has 0 radical (unpaired) electrons. The average molecular weight is 274 g/mol. The van der Waals surface area contributed by atoms with Gasteiger partial charge in [-0.05, 0) is 13.5 Å². The van der Waals surface area contributed by atoms with Crippen molar-refractivity contribution in [2.24, 2.45) is 0 Å². The second kappa shape index (κ2) is 5.23. The Morgan fingerprint density at radius 2 is 2.31 bits per heavy atom. The van der Waals surface area contributed by atoms with Crippen molar-refractivity contribution in [1.29, 1.82) is 0 Å². The maximum atomic E-state index is 5.85. The van der Waals surface area contributed by atoms with Crippen LogP contribution in [0, 0.1) is 0 Å². The molecule has 0 bridgehead atoms. The molecule has 2 heterocycles. The highest BCUT2D eigenvalue weighted by Gasteiger charge is 2.12. The summed E-state index contributed by atoms with van der Waals surface area (Å²) < 4.78 is 0.700. The molecule has 16 heavy (non-hydrogen) atoms. The molecule has 6 heteroatoms. The predicted molar refractivity (Wildman–Crippen MR) is 70.3 cm³/mol. The van der Waals surface area contributed by atoms with Gasteiger partial charge in [-0.25, -0.2) is 9.97 Å². The number of hydrogen-bond donors (Lipinski definition) is 1. The Morgan fingerprint density at radius 3 is 2.94 bits per heavy atom. The van der Waals surface area contributed by atoms with Crippen molar-refractivity contribution >= 4 is 34.3 Å². The van der Waals surface area contributed by atoms with Crippen LogP contribution in [-0.2, 0) is 0 Å². The average Bonchev–Trinajstić information content (AvgIpc) is 2.85. The highest BCUT2D eigenvalue weighted by molar-refractivity contribution is 7.22. The lowest BCUT2D eigenvalue weighted by Gasteiger charge is -2.07. The summed E-state index contributed by atoms with van der Waals surface area (Å²) in [6.45, 7) is 5.14. The highest BCUT2D eigenvalue weighted by Crippen LogP contribution is 2.31. The zero-order chi connectivity index (χ0) is 11.5. The van der Waals surface area contributed by atoms with E-state index in [0.717, 1.165) is 22.3 Å². The Kier molecular flexibility index (Phi) is 3.91. The molecule has 0 aliphatic rings. The number of halogens is 1. The first-order valence-corrected chi connectivity index (χ1v) is 7.08. The van der Waals surface area contributed by atoms with E-state index < -0.39 is 0 Å². The van der Waals surface area contributed by atoms with Gasteiger partial charge in [-0.3, -0.25) is 0 Å². The van der Waals surface area contributed by atoms with E-state index in [4.69, 9.17) is 11.6 Å². The van der Waals surface area contributed by atoms with Crippen LogP contribution >= 0.6 is 34.3 Å². The first-order chi connectivity index (χ1) is 7.70. The lowest BCUT2D eigenvalue weighted by molar-refractivity contribution is 0.587. The third-order valence-electron chi connectivity index (χ3n) is 2.14. The Bertz CT molecular complexity index is 466. The van der Waals surface area contributed by atoms with Crippen LogP contribution < -0.4 is 5.32 Å². The molecule has 2 rings (SSSR count). The molecule has 3 nitrogen and oxygen atoms in total. The normalized spacial score (nSPS) is 12.9. The van der Waals surface area contributed by atoms with E-state index in [2.05, 4.69) is 34.5 Å². The zero-order valence-corrected chi connectivity index (χ0v) is 11.4. The fourth-order valence-electron chi connectivity index (χ4n) is 1.35. The molecule has 2 aromatic heterocycles. The van der Waals surface area contributed by atoms with Crippen LogP contribution in [0.3, 0.4) is 0 Å². The van der Waals surface area contributed by atoms with Gasteiger partial charge in [0.15, 0.2) is 10.0 Å². The molecule has 1 unspecified atom stereocenters. The first kappa shape index (κ1) is 12.0. The number of nitrogens with zero attached hydrogens (tertiary/aromatic N) is 2. The molecule has 0 amide bonds. The summed E-state index contributed by atoms with van der Waals surface area (Å²) >= 11 is 8.92. The molecule has 0 saturated carbocycles. The van der Waals surface area contributed by atoms with Gasteiger partial charge in [-0.15, -0.1) is 11.3 Å². The van der Waals surface area contributed by atoms with Crippen LogP contribution in [0.15, 0.2) is 11.6 Å². The standard InChI is InChI=1S/C10H12ClN3S2/c1-3-12-6(2)7-5-15-10(14-7)9-13-4-8(11)16-9/h4-6,12H,3H2,1-2H3. The minimum absolute atomic E-state index is 0.283. The number of aromatic nitrogens is 2. The van der Waals surface area contributed by atoms with Gasteiger partial charge >= 0.3 is 0 Å². The van der Waals surface area contributed by atoms with Gasteiger partial charge < -0.3 is 5.32 Å². The number of nitrogens with one attached hydrogen (secondary N) is 1. The highest BCUT2D eigenvalue weighted by atomic mass is 35.5. The third kappa shape index (κ3) is 2.60. The minimum atomic E-state index is 0.283. The summed E-state index contributed by atoms with van der Waals surface area (Å²) in [5.74, 6) is 0. The molecule has 1 atom stereocenters. The predicted octanol–water partition coefficient (Wildman–Crippen LogP) is 3.59. The van der Waals surface area contributed by atoms with Crippen LogP contribution in [-0.4, -0.2) is 16.5 Å². The molecule has 0 aliphatic carbocycles. The van der Waals surface area contributed by atoms with Crippen molar-refractivity contribution in [2.45, 2.75) is 19.9 Å². The van der Waals surface area contributed by atoms with Crippen molar-refractivity contribution in [2.75, 3.05) is 6.54 Å². The summed E-state index contributed by atoms with van der Waals surface area (Å²) in [6, 6.07) is 0.283. The quantitative estimate of drug-likeness (QED) is 0.925. The molecule has 2 aromatic rings. The van der Waals surface area contributed by atoms with E-state index in [0.29, 0.717) is 4.34 Å². The summed E-state index contributed by atoms with van der Waals surface area (Å²) in [6.07, 6.45) is 1.66. The minimum Gasteiger partial charge on any atom is -0.309 e. The van der Waals surface area contributed by atoms with E-state index in [-0.39, 0.29) is 6.04 Å². The van der Waals surface area contributed by atoms with Crippen LogP contribution in [0.4, 0.5) is 0 Å². The van der Waals surface area contributed by atoms with Crippen molar-refractivity contribution < 1.29 is 0 Å². The van der Waals surface area contributed by atoms with Crippen LogP contribution in [0.1, 0.15) is 25.6 Å². The van der Waals surface area contributed by atoms with E-state index in [1.807, 2.05) is 0 Å². The summed E-state index contributed by atoms with van der Waals surface area (Å²) in [4.78, 5) is 8.78. The van der Waals surface area contributed by atoms with Crippen molar-refractivity contribution in [3.8, 4) is 10.0 Å². The maximum Gasteiger partial charge on any atom is 0.153 e. The second-order valence-corrected chi connectivity index (χ2v) is 5.85. The number of rotatable bonds is 4. The van der Waals surface area contributed by atoms with Gasteiger partial charge in [0.1, 0.15) is 4.34 Å². The Hall–Kier alpha value is -0.490. The molecule has 0 saturated heterocycles. The Labute approximate surface area is 108 Å². The van der Waals surface area contributed by atoms with Gasteiger partial charge in [-0.2, -0.15) is 0 Å². The van der Waals surface area contributed by atoms with E-state index in [1.165, 1.54) is 11.3 Å². The number of thiazole rings is 2. The third-order valence-corrected chi connectivity index (χ3v) is 4.25. The fourth-order valence-corrected chi connectivity index (χ4v) is 3.21. The molecular weight excluding hydrogens is 262 g/mol. The van der Waals surface area contributed by atoms with Crippen molar-refractivity contribution in [3.05, 3.63) is 21.6 Å². The first-order valence-electron chi connectivity index (χ1n) is 5.01. The van der Waals surface area contributed by atoms with Crippen molar-refractivity contribution in [1.82, 2.24) is 15.3 Å². The van der Waals surface area contributed by atoms with E-state index in [1.54, 1.807) is 17.5 Å². The molecule has 0 fully saturated rings. The lowest BCUT2D eigenvalue weighted by atomic mass is 10.2. The second-order valence-electron chi connectivity index (χ2n) is 3.33. The number of hydrogen-bond acceptors (Lipinski definition) is 5. The molecule has 86 valence electrons. The molecule has 0 spiro atoms. The van der Waals surface area contributed by atoms with Crippen LogP contribution in [0.5, 0.6) is 0 Å². The SMILES string of the molecule is CCNC(C)c1csc(-c2ncc(Cl)s2)n1. The Morgan fingerprint density at radius 1 is 1.50 bits per heavy atom. The zero-order valence-electron chi connectivity index (χ0n) is 9.03. The van der Waals surface area contributed by atoms with Crippen LogP contribution in [0.2, 0.25) is 4.34 Å². The van der Waals surface area contributed by atoms with Gasteiger partial charge in [0.25, 0.3) is 0 Å². The van der Waals surface area contributed by atoms with Crippen LogP contribution in [0.25, 0.3) is 10.0 Å². The summed E-state index contributed by atoms with van der Waals surface area (Å²) in [5, 5.41) is 7.24. The Balaban J connectivity index is 2.19. The largest absolute Gasteiger partial charge is 0.309 e. The van der Waals surface area contributed by atoms with E-state index >= 15 is 0 Å².